The molecule has 4 rings (SSSR count). The first kappa shape index (κ1) is 27.9. The van der Waals surface area contributed by atoms with Crippen LogP contribution in [0.3, 0.4) is 0 Å². The van der Waals surface area contributed by atoms with Crippen molar-refractivity contribution in [2.45, 2.75) is 32.9 Å². The van der Waals surface area contributed by atoms with Crippen LogP contribution in [0.4, 0.5) is 0 Å². The van der Waals surface area contributed by atoms with Gasteiger partial charge in [-0.1, -0.05) is 72.8 Å². The molecule has 0 atom stereocenters. The minimum Gasteiger partial charge on any atom is -0.476 e. The number of rotatable bonds is 11. The number of aromatic carboxylic acids is 1. The summed E-state index contributed by atoms with van der Waals surface area (Å²) in [6.07, 6.45) is 8.18. The number of ether oxygens (including phenoxy) is 1. The van der Waals surface area contributed by atoms with E-state index in [2.05, 4.69) is 23.4 Å². The van der Waals surface area contributed by atoms with E-state index in [1.54, 1.807) is 34.6 Å². The Hall–Kier alpha value is -4.72. The van der Waals surface area contributed by atoms with Crippen molar-refractivity contribution in [2.24, 2.45) is 0 Å². The van der Waals surface area contributed by atoms with Gasteiger partial charge in [-0.15, -0.1) is 13.2 Å². The van der Waals surface area contributed by atoms with Crippen LogP contribution in [0.25, 0.3) is 0 Å². The molecule has 38 heavy (non-hydrogen) atoms. The Kier molecular flexibility index (Phi) is 10.4. The fourth-order valence-corrected chi connectivity index (χ4v) is 3.79. The molecule has 0 aliphatic rings. The molecule has 2 heterocycles. The Morgan fingerprint density at radius 2 is 1.26 bits per heavy atom. The second kappa shape index (κ2) is 14.1. The molecule has 8 nitrogen and oxygen atoms in total. The highest BCUT2D eigenvalue weighted by Gasteiger charge is 2.17. The number of carbonyl (C=O) groups is 2. The molecule has 0 saturated heterocycles. The van der Waals surface area contributed by atoms with E-state index in [1.165, 1.54) is 0 Å². The summed E-state index contributed by atoms with van der Waals surface area (Å²) in [5.41, 5.74) is 4.23. The first-order valence-electron chi connectivity index (χ1n) is 12.3. The normalized spacial score (nSPS) is 10.2. The summed E-state index contributed by atoms with van der Waals surface area (Å²) in [5, 5.41) is 17.5. The van der Waals surface area contributed by atoms with Crippen molar-refractivity contribution >= 4 is 11.9 Å². The standard InChI is InChI=1S/C16H18N2O2.C14H14N2O2/c1-3-8-14-12-18(11-13-9-6-5-7-10-13)17-15(14)16(19)20-4-2;1-2-6-12-10-16(15-13(12)14(17)18)9-11-7-4-3-5-8-11/h3,5-7,9-10,12H,1,4,8,11H2,2H3;2-5,7-8,10H,1,6,9H2,(H,17,18). The molecule has 1 N–H and O–H groups in total. The molecule has 0 fully saturated rings. The smallest absolute Gasteiger partial charge is 0.359 e. The number of benzene rings is 2. The van der Waals surface area contributed by atoms with Crippen molar-refractivity contribution in [1.82, 2.24) is 19.6 Å². The Morgan fingerprint density at radius 1 is 0.816 bits per heavy atom. The van der Waals surface area contributed by atoms with Gasteiger partial charge in [0.2, 0.25) is 0 Å². The Balaban J connectivity index is 0.000000212. The summed E-state index contributed by atoms with van der Waals surface area (Å²) in [6, 6.07) is 19.8. The molecule has 196 valence electrons. The van der Waals surface area contributed by atoms with Gasteiger partial charge in [0.15, 0.2) is 11.4 Å². The van der Waals surface area contributed by atoms with Crippen LogP contribution in [-0.2, 0) is 30.7 Å². The summed E-state index contributed by atoms with van der Waals surface area (Å²) >= 11 is 0. The zero-order valence-corrected chi connectivity index (χ0v) is 21.5. The number of carboxylic acids is 1. The van der Waals surface area contributed by atoms with Gasteiger partial charge < -0.3 is 9.84 Å². The van der Waals surface area contributed by atoms with Gasteiger partial charge in [0.1, 0.15) is 0 Å². The molecule has 8 heteroatoms. The third-order valence-corrected chi connectivity index (χ3v) is 5.45. The summed E-state index contributed by atoms with van der Waals surface area (Å²) in [6.45, 7) is 10.7. The van der Waals surface area contributed by atoms with Crippen molar-refractivity contribution < 1.29 is 19.4 Å². The van der Waals surface area contributed by atoms with Crippen LogP contribution in [0, 0.1) is 0 Å². The second-order valence-electron chi connectivity index (χ2n) is 8.38. The van der Waals surface area contributed by atoms with Gasteiger partial charge in [0.25, 0.3) is 0 Å². The first-order valence-corrected chi connectivity index (χ1v) is 12.3. The van der Waals surface area contributed by atoms with Gasteiger partial charge in [-0.25, -0.2) is 9.59 Å². The van der Waals surface area contributed by atoms with Crippen molar-refractivity contribution in [3.8, 4) is 0 Å². The minimum absolute atomic E-state index is 0.103. The van der Waals surface area contributed by atoms with Crippen LogP contribution < -0.4 is 0 Å². The lowest BCUT2D eigenvalue weighted by molar-refractivity contribution is 0.0517. The maximum Gasteiger partial charge on any atom is 0.359 e. The monoisotopic (exact) mass is 512 g/mol. The molecule has 4 aromatic rings. The van der Waals surface area contributed by atoms with Crippen molar-refractivity contribution in [3.05, 3.63) is 132 Å². The predicted molar refractivity (Wildman–Crippen MR) is 146 cm³/mol. The van der Waals surface area contributed by atoms with E-state index in [0.717, 1.165) is 16.7 Å². The highest BCUT2D eigenvalue weighted by atomic mass is 16.5. The summed E-state index contributed by atoms with van der Waals surface area (Å²) in [7, 11) is 0. The molecule has 0 bridgehead atoms. The second-order valence-corrected chi connectivity index (χ2v) is 8.38. The number of esters is 1. The van der Waals surface area contributed by atoms with Crippen LogP contribution in [0.15, 0.2) is 98.4 Å². The Bertz CT molecular complexity index is 1360. The van der Waals surface area contributed by atoms with E-state index in [9.17, 15) is 9.59 Å². The van der Waals surface area contributed by atoms with E-state index >= 15 is 0 Å². The quantitative estimate of drug-likeness (QED) is 0.219. The van der Waals surface area contributed by atoms with Gasteiger partial charge in [0, 0.05) is 23.5 Å². The third-order valence-electron chi connectivity index (χ3n) is 5.45. The molecular weight excluding hydrogens is 480 g/mol. The van der Waals surface area contributed by atoms with Gasteiger partial charge in [0.05, 0.1) is 19.7 Å². The first-order chi connectivity index (χ1) is 18.4. The minimum atomic E-state index is -1.00. The van der Waals surface area contributed by atoms with Gasteiger partial charge >= 0.3 is 11.9 Å². The highest BCUT2D eigenvalue weighted by molar-refractivity contribution is 5.89. The average molecular weight is 513 g/mol. The number of allylic oxidation sites excluding steroid dienone is 2. The zero-order chi connectivity index (χ0) is 27.3. The third kappa shape index (κ3) is 7.89. The zero-order valence-electron chi connectivity index (χ0n) is 21.5. The van der Waals surface area contributed by atoms with Crippen molar-refractivity contribution in [3.63, 3.8) is 0 Å². The molecule has 2 aromatic heterocycles. The van der Waals surface area contributed by atoms with Crippen LogP contribution in [0.5, 0.6) is 0 Å². The van der Waals surface area contributed by atoms with Gasteiger partial charge in [-0.3, -0.25) is 9.36 Å². The molecule has 0 saturated carbocycles. The lowest BCUT2D eigenvalue weighted by Gasteiger charge is -2.01. The van der Waals surface area contributed by atoms with E-state index in [-0.39, 0.29) is 11.7 Å². The van der Waals surface area contributed by atoms with Crippen LogP contribution in [0.1, 0.15) is 50.2 Å². The van der Waals surface area contributed by atoms with Gasteiger partial charge in [-0.2, -0.15) is 10.2 Å². The topological polar surface area (TPSA) is 99.2 Å². The maximum absolute atomic E-state index is 11.9. The number of carbonyl (C=O) groups excluding carboxylic acids is 1. The van der Waals surface area contributed by atoms with E-state index in [4.69, 9.17) is 9.84 Å². The lowest BCUT2D eigenvalue weighted by atomic mass is 10.2. The molecule has 0 aliphatic heterocycles. The van der Waals surface area contributed by atoms with Gasteiger partial charge in [-0.05, 0) is 30.9 Å². The van der Waals surface area contributed by atoms with E-state index < -0.39 is 5.97 Å². The van der Waals surface area contributed by atoms with Crippen LogP contribution >= 0.6 is 0 Å². The SMILES string of the molecule is C=CCc1cn(Cc2ccccc2)nc1C(=O)O.C=CCc1cn(Cc2ccccc2)nc1C(=O)OCC. The lowest BCUT2D eigenvalue weighted by Crippen LogP contribution is -2.09. The molecule has 0 amide bonds. The van der Waals surface area contributed by atoms with Crippen LogP contribution in [-0.4, -0.2) is 43.2 Å². The summed E-state index contributed by atoms with van der Waals surface area (Å²) < 4.78 is 8.44. The number of hydrogen-bond acceptors (Lipinski definition) is 5. The number of carboxylic acid groups (broad SMARTS) is 1. The molecule has 0 unspecified atom stereocenters. The highest BCUT2D eigenvalue weighted by Crippen LogP contribution is 2.13. The number of nitrogens with zero attached hydrogens (tertiary/aromatic N) is 4. The molecule has 0 aliphatic carbocycles. The molecular formula is C30H32N4O4. The molecule has 0 spiro atoms. The largest absolute Gasteiger partial charge is 0.476 e. The number of aromatic nitrogens is 4. The van der Waals surface area contributed by atoms with Crippen molar-refractivity contribution in [1.29, 1.82) is 0 Å². The maximum atomic E-state index is 11.9. The predicted octanol–water partition coefficient (Wildman–Crippen LogP) is 5.19. The van der Waals surface area contributed by atoms with E-state index in [1.807, 2.05) is 66.9 Å². The Morgan fingerprint density at radius 3 is 1.68 bits per heavy atom. The van der Waals surface area contributed by atoms with E-state index in [0.29, 0.717) is 43.8 Å². The number of hydrogen-bond donors (Lipinski definition) is 1. The molecule has 0 radical (unpaired) electrons. The van der Waals surface area contributed by atoms with Crippen molar-refractivity contribution in [2.75, 3.05) is 6.61 Å². The average Bonchev–Trinajstić information content (AvgIpc) is 3.50. The van der Waals surface area contributed by atoms with Crippen LogP contribution in [0.2, 0.25) is 0 Å². The molecule has 2 aromatic carbocycles. The summed E-state index contributed by atoms with van der Waals surface area (Å²) in [4.78, 5) is 22.9. The summed E-state index contributed by atoms with van der Waals surface area (Å²) in [5.74, 6) is -1.38. The Labute approximate surface area is 222 Å². The fourth-order valence-electron chi connectivity index (χ4n) is 3.79. The fraction of sp³-hybridized carbons (Fsp3) is 0.200.